The van der Waals surface area contributed by atoms with Crippen LogP contribution in [-0.4, -0.2) is 52.4 Å². The van der Waals surface area contributed by atoms with Crippen molar-refractivity contribution in [2.45, 2.75) is 37.0 Å². The van der Waals surface area contributed by atoms with Crippen LogP contribution in [0.4, 0.5) is 5.69 Å². The number of benzene rings is 2. The van der Waals surface area contributed by atoms with Gasteiger partial charge >= 0.3 is 0 Å². The van der Waals surface area contributed by atoms with Crippen LogP contribution >= 0.6 is 0 Å². The number of hydrogen-bond donors (Lipinski definition) is 2. The second-order valence-corrected chi connectivity index (χ2v) is 6.57. The van der Waals surface area contributed by atoms with E-state index < -0.39 is 41.9 Å². The van der Waals surface area contributed by atoms with Crippen molar-refractivity contribution in [1.82, 2.24) is 0 Å². The number of non-ortho nitro benzene ring substituents is 1. The quantitative estimate of drug-likeness (QED) is 0.597. The molecule has 0 aromatic heterocycles. The molecule has 2 N–H and O–H groups in total. The number of nitrogens with zero attached hydrogens (tertiary/aromatic N) is 1. The average molecular weight is 389 g/mol. The molecular weight excluding hydrogens is 370 g/mol. The summed E-state index contributed by atoms with van der Waals surface area (Å²) in [7, 11) is 0. The summed E-state index contributed by atoms with van der Waals surface area (Å²) in [5.74, 6) is 0.264. The fourth-order valence-corrected chi connectivity index (χ4v) is 3.23. The maximum Gasteiger partial charge on any atom is 0.269 e. The molecule has 9 heteroatoms. The average Bonchev–Trinajstić information content (AvgIpc) is 2.72. The van der Waals surface area contributed by atoms with Gasteiger partial charge < -0.3 is 29.2 Å². The van der Waals surface area contributed by atoms with Crippen LogP contribution in [0.5, 0.6) is 5.75 Å². The highest BCUT2D eigenvalue weighted by atomic mass is 16.8. The van der Waals surface area contributed by atoms with E-state index in [1.165, 1.54) is 24.3 Å². The van der Waals surface area contributed by atoms with Crippen LogP contribution in [0.15, 0.2) is 54.6 Å². The van der Waals surface area contributed by atoms with Crippen molar-refractivity contribution in [2.24, 2.45) is 0 Å². The Labute approximate surface area is 160 Å². The molecule has 4 rings (SSSR count). The topological polar surface area (TPSA) is 121 Å². The van der Waals surface area contributed by atoms with E-state index in [-0.39, 0.29) is 18.0 Å². The second-order valence-electron chi connectivity index (χ2n) is 6.57. The molecule has 0 bridgehead atoms. The van der Waals surface area contributed by atoms with Gasteiger partial charge in [0.15, 0.2) is 6.29 Å². The van der Waals surface area contributed by atoms with Gasteiger partial charge in [0, 0.05) is 17.7 Å². The van der Waals surface area contributed by atoms with Gasteiger partial charge in [0.05, 0.1) is 11.5 Å². The van der Waals surface area contributed by atoms with Crippen LogP contribution in [0, 0.1) is 10.1 Å². The van der Waals surface area contributed by atoms with Crippen molar-refractivity contribution < 1.29 is 34.1 Å². The van der Waals surface area contributed by atoms with Gasteiger partial charge in [-0.2, -0.15) is 0 Å². The monoisotopic (exact) mass is 389 g/mol. The van der Waals surface area contributed by atoms with Gasteiger partial charge in [0.1, 0.15) is 30.2 Å². The van der Waals surface area contributed by atoms with E-state index >= 15 is 0 Å². The number of nitro groups is 1. The first-order chi connectivity index (χ1) is 13.5. The Balaban J connectivity index is 1.43. The maximum atomic E-state index is 10.7. The molecule has 9 nitrogen and oxygen atoms in total. The number of hydrogen-bond acceptors (Lipinski definition) is 8. The summed E-state index contributed by atoms with van der Waals surface area (Å²) in [5.41, 5.74) is 0.713. The largest absolute Gasteiger partial charge is 0.462 e. The minimum absolute atomic E-state index is 0.0846. The lowest BCUT2D eigenvalue weighted by Gasteiger charge is -2.46. The van der Waals surface area contributed by atoms with Crippen molar-refractivity contribution >= 4 is 5.69 Å². The third kappa shape index (κ3) is 3.71. The van der Waals surface area contributed by atoms with E-state index in [4.69, 9.17) is 18.9 Å². The van der Waals surface area contributed by atoms with Crippen LogP contribution in [0.1, 0.15) is 11.9 Å². The van der Waals surface area contributed by atoms with Crippen LogP contribution in [0.25, 0.3) is 0 Å². The molecule has 2 fully saturated rings. The first-order valence-corrected chi connectivity index (χ1v) is 8.77. The molecule has 2 aromatic rings. The van der Waals surface area contributed by atoms with E-state index in [1.807, 2.05) is 30.3 Å². The number of rotatable bonds is 4. The molecule has 2 aromatic carbocycles. The Kier molecular flexibility index (Phi) is 5.25. The lowest BCUT2D eigenvalue weighted by atomic mass is 9.98. The number of fused-ring (bicyclic) bond motifs is 1. The van der Waals surface area contributed by atoms with E-state index in [1.54, 1.807) is 0 Å². The molecule has 0 amide bonds. The number of nitro benzene ring substituents is 1. The molecule has 0 saturated carbocycles. The molecule has 28 heavy (non-hydrogen) atoms. The zero-order valence-corrected chi connectivity index (χ0v) is 14.7. The Morgan fingerprint density at radius 2 is 1.71 bits per heavy atom. The van der Waals surface area contributed by atoms with E-state index in [9.17, 15) is 20.3 Å². The van der Waals surface area contributed by atoms with E-state index in [0.717, 1.165) is 5.56 Å². The molecule has 0 radical (unpaired) electrons. The van der Waals surface area contributed by atoms with Gasteiger partial charge in [-0.15, -0.1) is 0 Å². The summed E-state index contributed by atoms with van der Waals surface area (Å²) in [6.45, 7) is 0.147. The van der Waals surface area contributed by atoms with Crippen LogP contribution in [-0.2, 0) is 14.2 Å². The first-order valence-electron chi connectivity index (χ1n) is 8.77. The highest BCUT2D eigenvalue weighted by Gasteiger charge is 2.49. The van der Waals surface area contributed by atoms with Crippen molar-refractivity contribution in [2.75, 3.05) is 6.61 Å². The van der Waals surface area contributed by atoms with Crippen LogP contribution in [0.2, 0.25) is 0 Å². The summed E-state index contributed by atoms with van der Waals surface area (Å²) in [4.78, 5) is 10.2. The summed E-state index contributed by atoms with van der Waals surface area (Å²) in [6, 6.07) is 14.6. The van der Waals surface area contributed by atoms with Crippen molar-refractivity contribution in [3.8, 4) is 5.75 Å². The van der Waals surface area contributed by atoms with Gasteiger partial charge in [0.25, 0.3) is 5.69 Å². The summed E-state index contributed by atoms with van der Waals surface area (Å²) in [6.07, 6.45) is -5.88. The Bertz CT molecular complexity index is 812. The highest BCUT2D eigenvalue weighted by Crippen LogP contribution is 2.34. The van der Waals surface area contributed by atoms with Crippen molar-refractivity contribution in [3.05, 3.63) is 70.3 Å². The zero-order chi connectivity index (χ0) is 19.7. The molecule has 0 unspecified atom stereocenters. The first kappa shape index (κ1) is 18.8. The standard InChI is InChI=1S/C19H19NO8/c21-15-16(22)19(26-13-8-6-12(7-9-13)20(23)24)27-14-10-25-18(28-17(14)15)11-4-2-1-3-5-11/h1-9,14-19,21-22H,10H2/t14-,15-,16-,17-,18-,19+/m1/s1. The predicted molar refractivity (Wildman–Crippen MR) is 94.4 cm³/mol. The molecule has 2 heterocycles. The van der Waals surface area contributed by atoms with Gasteiger partial charge in [-0.3, -0.25) is 10.1 Å². The molecular formula is C19H19NO8. The number of aliphatic hydroxyl groups is 2. The second kappa shape index (κ2) is 7.82. The molecule has 2 aliphatic rings. The van der Waals surface area contributed by atoms with E-state index in [0.29, 0.717) is 0 Å². The Hall–Kier alpha value is -2.56. The van der Waals surface area contributed by atoms with Crippen LogP contribution in [0.3, 0.4) is 0 Å². The highest BCUT2D eigenvalue weighted by molar-refractivity contribution is 5.36. The molecule has 6 atom stereocenters. The molecule has 0 aliphatic carbocycles. The summed E-state index contributed by atoms with van der Waals surface area (Å²) < 4.78 is 22.8. The maximum absolute atomic E-state index is 10.7. The Morgan fingerprint density at radius 3 is 2.39 bits per heavy atom. The number of ether oxygens (including phenoxy) is 4. The zero-order valence-electron chi connectivity index (χ0n) is 14.7. The fraction of sp³-hybridized carbons (Fsp3) is 0.368. The lowest BCUT2D eigenvalue weighted by Crippen LogP contribution is -2.62. The normalized spacial score (nSPS) is 32.4. The smallest absolute Gasteiger partial charge is 0.269 e. The van der Waals surface area contributed by atoms with Crippen molar-refractivity contribution in [3.63, 3.8) is 0 Å². The van der Waals surface area contributed by atoms with E-state index in [2.05, 4.69) is 0 Å². The van der Waals surface area contributed by atoms with Crippen molar-refractivity contribution in [1.29, 1.82) is 0 Å². The van der Waals surface area contributed by atoms with Gasteiger partial charge in [-0.05, 0) is 12.1 Å². The minimum atomic E-state index is -1.37. The SMILES string of the molecule is O=[N+]([O-])c1ccc(O[C@H]2O[C@@H]3CO[C@@H](c4ccccc4)O[C@H]3[C@H](O)[C@H]2O)cc1. The summed E-state index contributed by atoms with van der Waals surface area (Å²) in [5, 5.41) is 31.7. The van der Waals surface area contributed by atoms with Crippen LogP contribution < -0.4 is 4.74 Å². The summed E-state index contributed by atoms with van der Waals surface area (Å²) >= 11 is 0. The minimum Gasteiger partial charge on any atom is -0.462 e. The number of aliphatic hydroxyl groups excluding tert-OH is 2. The lowest BCUT2D eigenvalue weighted by molar-refractivity contribution is -0.384. The Morgan fingerprint density at radius 1 is 1.00 bits per heavy atom. The fourth-order valence-electron chi connectivity index (χ4n) is 3.23. The van der Waals surface area contributed by atoms with Gasteiger partial charge in [0.2, 0.25) is 6.29 Å². The molecule has 2 saturated heterocycles. The third-order valence-electron chi connectivity index (χ3n) is 4.70. The third-order valence-corrected chi connectivity index (χ3v) is 4.70. The van der Waals surface area contributed by atoms with Gasteiger partial charge in [-0.1, -0.05) is 30.3 Å². The van der Waals surface area contributed by atoms with Gasteiger partial charge in [-0.25, -0.2) is 0 Å². The predicted octanol–water partition coefficient (Wildman–Crippen LogP) is 1.53. The molecule has 0 spiro atoms. The molecule has 148 valence electrons. The molecule has 2 aliphatic heterocycles.